The Hall–Kier alpha value is -0.610. The molecule has 2 fully saturated rings. The normalized spacial score (nSPS) is 31.6. The predicted octanol–water partition coefficient (Wildman–Crippen LogP) is 2.32. The molecule has 4 heteroatoms. The fraction of sp³-hybridized carbons (Fsp3) is 0.938. The summed E-state index contributed by atoms with van der Waals surface area (Å²) in [7, 11) is 3.71. The molecular weight excluding hydrogens is 252 g/mol. The van der Waals surface area contributed by atoms with E-state index in [0.29, 0.717) is 18.1 Å². The van der Waals surface area contributed by atoms with Gasteiger partial charge in [-0.25, -0.2) is 0 Å². The number of hydrogen-bond acceptors (Lipinski definition) is 4. The Morgan fingerprint density at radius 1 is 1.45 bits per heavy atom. The average molecular weight is 282 g/mol. The third-order valence-corrected chi connectivity index (χ3v) is 5.10. The third-order valence-electron chi connectivity index (χ3n) is 5.10. The van der Waals surface area contributed by atoms with Crippen LogP contribution in [0.1, 0.15) is 58.8 Å². The standard InChI is InChI=1S/C16H30N2O2/c1-5-6-12(2)18(3)14-9-10-16(11-14,15(19)20-4)17-13-7-8-13/h12-14,17H,5-11H2,1-4H3. The maximum Gasteiger partial charge on any atom is 0.326 e. The Morgan fingerprint density at radius 3 is 2.70 bits per heavy atom. The summed E-state index contributed by atoms with van der Waals surface area (Å²) in [6.07, 6.45) is 7.70. The van der Waals surface area contributed by atoms with E-state index in [4.69, 9.17) is 4.74 Å². The number of hydrogen-bond donors (Lipinski definition) is 1. The summed E-state index contributed by atoms with van der Waals surface area (Å²) in [6.45, 7) is 4.52. The number of methoxy groups -OCH3 is 1. The van der Waals surface area contributed by atoms with Crippen molar-refractivity contribution in [1.29, 1.82) is 0 Å². The van der Waals surface area contributed by atoms with E-state index in [1.807, 2.05) is 0 Å². The lowest BCUT2D eigenvalue weighted by Gasteiger charge is -2.33. The monoisotopic (exact) mass is 282 g/mol. The molecule has 0 aromatic heterocycles. The molecule has 0 amide bonds. The van der Waals surface area contributed by atoms with Crippen LogP contribution in [0, 0.1) is 0 Å². The maximum absolute atomic E-state index is 12.3. The quantitative estimate of drug-likeness (QED) is 0.728. The molecule has 0 aromatic rings. The Balaban J connectivity index is 2.00. The number of nitrogens with zero attached hydrogens (tertiary/aromatic N) is 1. The summed E-state index contributed by atoms with van der Waals surface area (Å²) in [5, 5.41) is 3.57. The van der Waals surface area contributed by atoms with Crippen LogP contribution in [-0.4, -0.2) is 48.7 Å². The zero-order valence-corrected chi connectivity index (χ0v) is 13.4. The van der Waals surface area contributed by atoms with Crippen LogP contribution < -0.4 is 5.32 Å². The van der Waals surface area contributed by atoms with E-state index in [1.54, 1.807) is 0 Å². The van der Waals surface area contributed by atoms with Crippen LogP contribution in [0.15, 0.2) is 0 Å². The van der Waals surface area contributed by atoms with Crippen LogP contribution in [0.3, 0.4) is 0 Å². The van der Waals surface area contributed by atoms with Crippen molar-refractivity contribution in [1.82, 2.24) is 10.2 Å². The molecule has 0 radical (unpaired) electrons. The summed E-state index contributed by atoms with van der Waals surface area (Å²) < 4.78 is 5.08. The van der Waals surface area contributed by atoms with Crippen molar-refractivity contribution < 1.29 is 9.53 Å². The average Bonchev–Trinajstić information content (AvgIpc) is 3.14. The van der Waals surface area contributed by atoms with Gasteiger partial charge in [-0.2, -0.15) is 0 Å². The smallest absolute Gasteiger partial charge is 0.326 e. The lowest BCUT2D eigenvalue weighted by atomic mass is 9.96. The number of carbonyl (C=O) groups is 1. The van der Waals surface area contributed by atoms with Crippen LogP contribution in [0.25, 0.3) is 0 Å². The highest BCUT2D eigenvalue weighted by Crippen LogP contribution is 2.37. The molecule has 0 heterocycles. The van der Waals surface area contributed by atoms with E-state index < -0.39 is 5.54 Å². The number of ether oxygens (including phenoxy) is 1. The fourth-order valence-corrected chi connectivity index (χ4v) is 3.54. The molecule has 2 aliphatic rings. The van der Waals surface area contributed by atoms with Gasteiger partial charge in [0.2, 0.25) is 0 Å². The number of rotatable bonds is 7. The molecular formula is C16H30N2O2. The largest absolute Gasteiger partial charge is 0.468 e. The Labute approximate surface area is 123 Å². The highest BCUT2D eigenvalue weighted by atomic mass is 16.5. The van der Waals surface area contributed by atoms with Crippen molar-refractivity contribution >= 4 is 5.97 Å². The zero-order chi connectivity index (χ0) is 14.8. The lowest BCUT2D eigenvalue weighted by Crippen LogP contribution is -2.53. The van der Waals surface area contributed by atoms with Gasteiger partial charge >= 0.3 is 5.97 Å². The van der Waals surface area contributed by atoms with Gasteiger partial charge in [-0.3, -0.25) is 10.1 Å². The lowest BCUT2D eigenvalue weighted by molar-refractivity contribution is -0.148. The van der Waals surface area contributed by atoms with Crippen LogP contribution in [0.4, 0.5) is 0 Å². The topological polar surface area (TPSA) is 41.6 Å². The van der Waals surface area contributed by atoms with Crippen molar-refractivity contribution in [2.75, 3.05) is 14.2 Å². The molecule has 20 heavy (non-hydrogen) atoms. The zero-order valence-electron chi connectivity index (χ0n) is 13.4. The first-order valence-corrected chi connectivity index (χ1v) is 8.10. The van der Waals surface area contributed by atoms with Gasteiger partial charge in [0, 0.05) is 18.1 Å². The Bertz CT molecular complexity index is 343. The molecule has 2 aliphatic carbocycles. The number of carbonyl (C=O) groups excluding carboxylic acids is 1. The van der Waals surface area contributed by atoms with Gasteiger partial charge in [0.15, 0.2) is 0 Å². The van der Waals surface area contributed by atoms with Gasteiger partial charge in [-0.15, -0.1) is 0 Å². The highest BCUT2D eigenvalue weighted by molar-refractivity contribution is 5.81. The molecule has 3 atom stereocenters. The van der Waals surface area contributed by atoms with Crippen molar-refractivity contribution in [3.63, 3.8) is 0 Å². The number of esters is 1. The predicted molar refractivity (Wildman–Crippen MR) is 80.7 cm³/mol. The second-order valence-corrected chi connectivity index (χ2v) is 6.69. The molecule has 0 saturated heterocycles. The summed E-state index contributed by atoms with van der Waals surface area (Å²) in [4.78, 5) is 14.7. The van der Waals surface area contributed by atoms with E-state index in [2.05, 4.69) is 31.1 Å². The summed E-state index contributed by atoms with van der Waals surface area (Å²) in [5.74, 6) is -0.0663. The van der Waals surface area contributed by atoms with Crippen LogP contribution >= 0.6 is 0 Å². The minimum absolute atomic E-state index is 0.0663. The second kappa shape index (κ2) is 6.44. The van der Waals surface area contributed by atoms with Gasteiger partial charge in [-0.05, 0) is 52.5 Å². The molecule has 1 N–H and O–H groups in total. The Kier molecular flexibility index (Phi) is 5.08. The SMILES string of the molecule is CCCC(C)N(C)C1CCC(NC2CC2)(C(=O)OC)C1. The van der Waals surface area contributed by atoms with Gasteiger partial charge < -0.3 is 9.64 Å². The number of nitrogens with one attached hydrogen (secondary N) is 1. The summed E-state index contributed by atoms with van der Waals surface area (Å²) in [5.41, 5.74) is -0.430. The molecule has 0 aromatic carbocycles. The van der Waals surface area contributed by atoms with E-state index >= 15 is 0 Å². The first-order chi connectivity index (χ1) is 9.52. The van der Waals surface area contributed by atoms with Crippen molar-refractivity contribution in [2.24, 2.45) is 0 Å². The molecule has 0 spiro atoms. The van der Waals surface area contributed by atoms with Gasteiger partial charge in [-0.1, -0.05) is 13.3 Å². The van der Waals surface area contributed by atoms with Gasteiger partial charge in [0.1, 0.15) is 5.54 Å². The molecule has 116 valence electrons. The van der Waals surface area contributed by atoms with E-state index in [0.717, 1.165) is 19.3 Å². The van der Waals surface area contributed by atoms with Gasteiger partial charge in [0.05, 0.1) is 7.11 Å². The van der Waals surface area contributed by atoms with Crippen LogP contribution in [0.5, 0.6) is 0 Å². The molecule has 3 unspecified atom stereocenters. The first-order valence-electron chi connectivity index (χ1n) is 8.10. The fourth-order valence-electron chi connectivity index (χ4n) is 3.54. The molecule has 2 saturated carbocycles. The van der Waals surface area contributed by atoms with Crippen molar-refractivity contribution in [2.45, 2.75) is 82.5 Å². The van der Waals surface area contributed by atoms with Gasteiger partial charge in [0.25, 0.3) is 0 Å². The maximum atomic E-state index is 12.3. The first kappa shape index (κ1) is 15.8. The highest BCUT2D eigenvalue weighted by Gasteiger charge is 2.49. The van der Waals surface area contributed by atoms with Crippen LogP contribution in [0.2, 0.25) is 0 Å². The third kappa shape index (κ3) is 3.34. The van der Waals surface area contributed by atoms with Crippen molar-refractivity contribution in [3.8, 4) is 0 Å². The minimum Gasteiger partial charge on any atom is -0.468 e. The van der Waals surface area contributed by atoms with E-state index in [1.165, 1.54) is 32.8 Å². The summed E-state index contributed by atoms with van der Waals surface area (Å²) >= 11 is 0. The minimum atomic E-state index is -0.430. The second-order valence-electron chi connectivity index (χ2n) is 6.69. The molecule has 0 bridgehead atoms. The van der Waals surface area contributed by atoms with E-state index in [9.17, 15) is 4.79 Å². The summed E-state index contributed by atoms with van der Waals surface area (Å²) in [6, 6.07) is 1.60. The van der Waals surface area contributed by atoms with Crippen LogP contribution in [-0.2, 0) is 9.53 Å². The Morgan fingerprint density at radius 2 is 2.15 bits per heavy atom. The molecule has 0 aliphatic heterocycles. The van der Waals surface area contributed by atoms with Crippen molar-refractivity contribution in [3.05, 3.63) is 0 Å². The molecule has 4 nitrogen and oxygen atoms in total. The molecule has 2 rings (SSSR count). The van der Waals surface area contributed by atoms with E-state index in [-0.39, 0.29) is 5.97 Å².